The molecular formula is C7H14N2O2. The summed E-state index contributed by atoms with van der Waals surface area (Å²) in [5.74, 6) is -0.902. The van der Waals surface area contributed by atoms with Gasteiger partial charge in [-0.3, -0.25) is 4.79 Å². The molecular weight excluding hydrogens is 144 g/mol. The van der Waals surface area contributed by atoms with Crippen molar-refractivity contribution in [1.82, 2.24) is 5.32 Å². The van der Waals surface area contributed by atoms with Crippen LogP contribution in [-0.4, -0.2) is 29.2 Å². The number of carboxylic acid groups (broad SMARTS) is 1. The van der Waals surface area contributed by atoms with Gasteiger partial charge >= 0.3 is 5.97 Å². The summed E-state index contributed by atoms with van der Waals surface area (Å²) in [6.45, 7) is 2.41. The summed E-state index contributed by atoms with van der Waals surface area (Å²) in [4.78, 5) is 10.6. The van der Waals surface area contributed by atoms with Gasteiger partial charge in [0.25, 0.3) is 0 Å². The third-order valence-corrected chi connectivity index (χ3v) is 2.24. The van der Waals surface area contributed by atoms with Gasteiger partial charge in [-0.1, -0.05) is 6.92 Å². The van der Waals surface area contributed by atoms with E-state index < -0.39 is 11.5 Å². The fourth-order valence-electron chi connectivity index (χ4n) is 1.36. The van der Waals surface area contributed by atoms with E-state index in [1.54, 1.807) is 0 Å². The summed E-state index contributed by atoms with van der Waals surface area (Å²) in [7, 11) is 0. The van der Waals surface area contributed by atoms with Crippen molar-refractivity contribution >= 4 is 5.97 Å². The molecule has 64 valence electrons. The molecule has 0 radical (unpaired) electrons. The first-order valence-corrected chi connectivity index (χ1v) is 3.84. The highest BCUT2D eigenvalue weighted by molar-refractivity contribution is 5.79. The van der Waals surface area contributed by atoms with Crippen molar-refractivity contribution in [2.75, 3.05) is 6.54 Å². The van der Waals surface area contributed by atoms with Gasteiger partial charge in [0.1, 0.15) is 5.54 Å². The van der Waals surface area contributed by atoms with Crippen LogP contribution in [-0.2, 0) is 4.79 Å². The van der Waals surface area contributed by atoms with Gasteiger partial charge in [-0.05, 0) is 12.8 Å². The number of carboxylic acids is 1. The van der Waals surface area contributed by atoms with E-state index in [9.17, 15) is 4.79 Å². The molecule has 0 aliphatic carbocycles. The molecule has 0 aromatic carbocycles. The lowest BCUT2D eigenvalue weighted by molar-refractivity contribution is -0.142. The van der Waals surface area contributed by atoms with Crippen LogP contribution in [0.2, 0.25) is 0 Å². The fraction of sp³-hybridized carbons (Fsp3) is 0.857. The van der Waals surface area contributed by atoms with E-state index >= 15 is 0 Å². The van der Waals surface area contributed by atoms with Crippen LogP contribution in [0.15, 0.2) is 0 Å². The Labute approximate surface area is 65.8 Å². The molecule has 0 spiro atoms. The first-order valence-electron chi connectivity index (χ1n) is 3.84. The Hall–Kier alpha value is -0.610. The molecule has 1 saturated heterocycles. The summed E-state index contributed by atoms with van der Waals surface area (Å²) < 4.78 is 0. The third kappa shape index (κ3) is 1.52. The summed E-state index contributed by atoms with van der Waals surface area (Å²) in [6, 6.07) is 0.274. The normalized spacial score (nSPS) is 37.5. The lowest BCUT2D eigenvalue weighted by Crippen LogP contribution is -2.49. The number of hydrogen-bond acceptors (Lipinski definition) is 3. The molecule has 0 aromatic rings. The summed E-state index contributed by atoms with van der Waals surface area (Å²) in [5.41, 5.74) is 4.58. The lowest BCUT2D eigenvalue weighted by Gasteiger charge is -2.15. The topological polar surface area (TPSA) is 75.4 Å². The molecule has 1 rings (SSSR count). The predicted octanol–water partition coefficient (Wildman–Crippen LogP) is -0.460. The zero-order valence-electron chi connectivity index (χ0n) is 6.63. The van der Waals surface area contributed by atoms with Crippen molar-refractivity contribution in [1.29, 1.82) is 0 Å². The van der Waals surface area contributed by atoms with Gasteiger partial charge in [-0.2, -0.15) is 0 Å². The highest BCUT2D eigenvalue weighted by Gasteiger charge is 2.41. The molecule has 2 atom stereocenters. The number of carbonyl (C=O) groups is 1. The van der Waals surface area contributed by atoms with Gasteiger partial charge in [-0.25, -0.2) is 0 Å². The van der Waals surface area contributed by atoms with E-state index in [1.807, 2.05) is 6.92 Å². The Morgan fingerprint density at radius 3 is 2.82 bits per heavy atom. The van der Waals surface area contributed by atoms with E-state index in [1.165, 1.54) is 0 Å². The minimum Gasteiger partial charge on any atom is -0.480 e. The zero-order chi connectivity index (χ0) is 8.48. The molecule has 1 fully saturated rings. The SMILES string of the molecule is CC[C@H]1C[C@](N)(C(=O)O)CN1. The van der Waals surface area contributed by atoms with Crippen LogP contribution in [0.5, 0.6) is 0 Å². The van der Waals surface area contributed by atoms with E-state index in [2.05, 4.69) is 5.32 Å². The van der Waals surface area contributed by atoms with Gasteiger partial charge in [0.15, 0.2) is 0 Å². The molecule has 1 aliphatic rings. The average Bonchev–Trinajstić information content (AvgIpc) is 2.33. The third-order valence-electron chi connectivity index (χ3n) is 2.24. The van der Waals surface area contributed by atoms with E-state index in [4.69, 9.17) is 10.8 Å². The van der Waals surface area contributed by atoms with Crippen molar-refractivity contribution < 1.29 is 9.90 Å². The number of aliphatic carboxylic acids is 1. The van der Waals surface area contributed by atoms with Crippen molar-refractivity contribution in [3.63, 3.8) is 0 Å². The second kappa shape index (κ2) is 2.79. The van der Waals surface area contributed by atoms with Gasteiger partial charge in [0.2, 0.25) is 0 Å². The molecule has 0 unspecified atom stereocenters. The second-order valence-corrected chi connectivity index (χ2v) is 3.15. The van der Waals surface area contributed by atoms with Gasteiger partial charge in [0, 0.05) is 12.6 Å². The van der Waals surface area contributed by atoms with Crippen LogP contribution in [0.1, 0.15) is 19.8 Å². The smallest absolute Gasteiger partial charge is 0.325 e. The second-order valence-electron chi connectivity index (χ2n) is 3.15. The molecule has 0 bridgehead atoms. The number of rotatable bonds is 2. The van der Waals surface area contributed by atoms with Crippen molar-refractivity contribution in [3.8, 4) is 0 Å². The largest absolute Gasteiger partial charge is 0.480 e. The van der Waals surface area contributed by atoms with Crippen LogP contribution in [0.25, 0.3) is 0 Å². The molecule has 1 aliphatic heterocycles. The highest BCUT2D eigenvalue weighted by Crippen LogP contribution is 2.18. The van der Waals surface area contributed by atoms with E-state index in [0.29, 0.717) is 13.0 Å². The summed E-state index contributed by atoms with van der Waals surface area (Å²) >= 11 is 0. The van der Waals surface area contributed by atoms with Crippen LogP contribution in [0.3, 0.4) is 0 Å². The van der Waals surface area contributed by atoms with Crippen LogP contribution >= 0.6 is 0 Å². The van der Waals surface area contributed by atoms with Gasteiger partial charge in [0.05, 0.1) is 0 Å². The molecule has 4 heteroatoms. The fourth-order valence-corrected chi connectivity index (χ4v) is 1.36. The quantitative estimate of drug-likeness (QED) is 0.508. The summed E-state index contributed by atoms with van der Waals surface area (Å²) in [6.07, 6.45) is 1.48. The first-order chi connectivity index (χ1) is 5.08. The van der Waals surface area contributed by atoms with Gasteiger partial charge < -0.3 is 16.2 Å². The maximum atomic E-state index is 10.6. The Balaban J connectivity index is 2.57. The maximum Gasteiger partial charge on any atom is 0.325 e. The molecule has 11 heavy (non-hydrogen) atoms. The molecule has 0 amide bonds. The predicted molar refractivity (Wildman–Crippen MR) is 41.3 cm³/mol. The van der Waals surface area contributed by atoms with Crippen LogP contribution in [0, 0.1) is 0 Å². The van der Waals surface area contributed by atoms with E-state index in [0.717, 1.165) is 6.42 Å². The van der Waals surface area contributed by atoms with Crippen LogP contribution in [0.4, 0.5) is 0 Å². The van der Waals surface area contributed by atoms with E-state index in [-0.39, 0.29) is 6.04 Å². The maximum absolute atomic E-state index is 10.6. The molecule has 1 heterocycles. The zero-order valence-corrected chi connectivity index (χ0v) is 6.63. The number of nitrogens with two attached hydrogens (primary N) is 1. The number of hydrogen-bond donors (Lipinski definition) is 3. The Kier molecular flexibility index (Phi) is 2.15. The Morgan fingerprint density at radius 1 is 1.91 bits per heavy atom. The van der Waals surface area contributed by atoms with Gasteiger partial charge in [-0.15, -0.1) is 0 Å². The minimum atomic E-state index is -1.03. The molecule has 0 saturated carbocycles. The standard InChI is InChI=1S/C7H14N2O2/c1-2-5-3-7(8,4-9-5)6(10)11/h5,9H,2-4,8H2,1H3,(H,10,11)/t5-,7+/m0/s1. The van der Waals surface area contributed by atoms with Crippen molar-refractivity contribution in [2.24, 2.45) is 5.73 Å². The highest BCUT2D eigenvalue weighted by atomic mass is 16.4. The monoisotopic (exact) mass is 158 g/mol. The molecule has 4 N–H and O–H groups in total. The first kappa shape index (κ1) is 8.49. The van der Waals surface area contributed by atoms with Crippen LogP contribution < -0.4 is 11.1 Å². The Morgan fingerprint density at radius 2 is 2.55 bits per heavy atom. The lowest BCUT2D eigenvalue weighted by atomic mass is 9.97. The van der Waals surface area contributed by atoms with Crippen molar-refractivity contribution in [2.45, 2.75) is 31.3 Å². The average molecular weight is 158 g/mol. The summed E-state index contributed by atoms with van der Waals surface area (Å²) in [5, 5.41) is 11.8. The Bertz CT molecular complexity index is 172. The minimum absolute atomic E-state index is 0.274. The van der Waals surface area contributed by atoms with Crippen molar-refractivity contribution in [3.05, 3.63) is 0 Å². The molecule has 0 aromatic heterocycles. The molecule has 4 nitrogen and oxygen atoms in total. The number of nitrogens with one attached hydrogen (secondary N) is 1.